The predicted octanol–water partition coefficient (Wildman–Crippen LogP) is 0.988. The number of carboxylic acid groups (broad SMARTS) is 1. The van der Waals surface area contributed by atoms with Gasteiger partial charge >= 0.3 is 5.97 Å². The molecule has 3 nitrogen and oxygen atoms in total. The number of carbonyl (C=O) groups is 1. The first-order valence-corrected chi connectivity index (χ1v) is 3.83. The van der Waals surface area contributed by atoms with E-state index in [2.05, 4.69) is 5.32 Å². The Morgan fingerprint density at radius 3 is 2.83 bits per heavy atom. The van der Waals surface area contributed by atoms with Gasteiger partial charge in [0, 0.05) is 13.1 Å². The molecule has 1 aromatic carbocycles. The fourth-order valence-corrected chi connectivity index (χ4v) is 1.43. The molecule has 62 valence electrons. The van der Waals surface area contributed by atoms with E-state index in [-0.39, 0.29) is 0 Å². The van der Waals surface area contributed by atoms with Crippen molar-refractivity contribution >= 4 is 5.97 Å². The molecule has 12 heavy (non-hydrogen) atoms. The van der Waals surface area contributed by atoms with Crippen LogP contribution in [-0.2, 0) is 13.1 Å². The van der Waals surface area contributed by atoms with Crippen LogP contribution in [0.1, 0.15) is 21.5 Å². The summed E-state index contributed by atoms with van der Waals surface area (Å²) in [6.07, 6.45) is 0. The van der Waals surface area contributed by atoms with Gasteiger partial charge in [0.2, 0.25) is 0 Å². The molecule has 0 bridgehead atoms. The molecule has 2 rings (SSSR count). The van der Waals surface area contributed by atoms with E-state index in [0.29, 0.717) is 5.56 Å². The molecule has 2 N–H and O–H groups in total. The number of fused-ring (bicyclic) bond motifs is 1. The van der Waals surface area contributed by atoms with Crippen molar-refractivity contribution in [1.29, 1.82) is 0 Å². The summed E-state index contributed by atoms with van der Waals surface area (Å²) in [6, 6.07) is 5.25. The van der Waals surface area contributed by atoms with Gasteiger partial charge < -0.3 is 10.4 Å². The lowest BCUT2D eigenvalue weighted by atomic mass is 10.1. The molecule has 0 radical (unpaired) electrons. The third-order valence-corrected chi connectivity index (χ3v) is 2.08. The van der Waals surface area contributed by atoms with Gasteiger partial charge in [-0.05, 0) is 23.3 Å². The van der Waals surface area contributed by atoms with Gasteiger partial charge in [0.15, 0.2) is 0 Å². The molecule has 0 unspecified atom stereocenters. The van der Waals surface area contributed by atoms with Gasteiger partial charge in [-0.1, -0.05) is 6.07 Å². The summed E-state index contributed by atoms with van der Waals surface area (Å²) in [6.45, 7) is 1.64. The maximum atomic E-state index is 10.6. The molecule has 1 aliphatic heterocycles. The van der Waals surface area contributed by atoms with Crippen LogP contribution >= 0.6 is 0 Å². The molecule has 0 aromatic heterocycles. The molecule has 0 fully saturated rings. The van der Waals surface area contributed by atoms with Crippen molar-refractivity contribution < 1.29 is 9.90 Å². The van der Waals surface area contributed by atoms with Crippen LogP contribution in [0.2, 0.25) is 0 Å². The first-order valence-electron chi connectivity index (χ1n) is 3.83. The second-order valence-electron chi connectivity index (χ2n) is 2.89. The minimum Gasteiger partial charge on any atom is -0.478 e. The number of hydrogen-bond donors (Lipinski definition) is 2. The Kier molecular flexibility index (Phi) is 1.59. The molecule has 1 aliphatic rings. The summed E-state index contributed by atoms with van der Waals surface area (Å²) in [5.41, 5.74) is 2.69. The molecular formula is C9H9NO2. The summed E-state index contributed by atoms with van der Waals surface area (Å²) in [5, 5.41) is 11.9. The third kappa shape index (κ3) is 1.08. The van der Waals surface area contributed by atoms with Crippen molar-refractivity contribution in [3.05, 3.63) is 34.9 Å². The SMILES string of the molecule is O=C(O)c1ccc2c(c1)CNC2. The Bertz CT molecular complexity index is 333. The number of hydrogen-bond acceptors (Lipinski definition) is 2. The zero-order chi connectivity index (χ0) is 8.55. The summed E-state index contributed by atoms with van der Waals surface area (Å²) >= 11 is 0. The average molecular weight is 163 g/mol. The minimum atomic E-state index is -0.857. The van der Waals surface area contributed by atoms with Gasteiger partial charge in [0.1, 0.15) is 0 Å². The van der Waals surface area contributed by atoms with E-state index in [1.807, 2.05) is 6.07 Å². The van der Waals surface area contributed by atoms with Crippen molar-refractivity contribution in [3.63, 3.8) is 0 Å². The second kappa shape index (κ2) is 2.60. The third-order valence-electron chi connectivity index (χ3n) is 2.08. The van der Waals surface area contributed by atoms with E-state index in [0.717, 1.165) is 18.7 Å². The standard InChI is InChI=1S/C9H9NO2/c11-9(12)6-1-2-7-4-10-5-8(7)3-6/h1-3,10H,4-5H2,(H,11,12). The number of nitrogens with one attached hydrogen (secondary N) is 1. The van der Waals surface area contributed by atoms with Gasteiger partial charge in [-0.3, -0.25) is 0 Å². The van der Waals surface area contributed by atoms with Crippen LogP contribution < -0.4 is 5.32 Å². The largest absolute Gasteiger partial charge is 0.478 e. The fraction of sp³-hybridized carbons (Fsp3) is 0.222. The Morgan fingerprint density at radius 1 is 1.33 bits per heavy atom. The van der Waals surface area contributed by atoms with Crippen LogP contribution in [0, 0.1) is 0 Å². The van der Waals surface area contributed by atoms with Crippen molar-refractivity contribution in [1.82, 2.24) is 5.32 Å². The summed E-state index contributed by atoms with van der Waals surface area (Å²) in [5.74, 6) is -0.857. The molecule has 0 saturated heterocycles. The molecule has 3 heteroatoms. The Morgan fingerprint density at radius 2 is 2.08 bits per heavy atom. The van der Waals surface area contributed by atoms with Crippen LogP contribution in [0.15, 0.2) is 18.2 Å². The molecule has 1 heterocycles. The molecular weight excluding hydrogens is 154 g/mol. The van der Waals surface area contributed by atoms with E-state index in [4.69, 9.17) is 5.11 Å². The highest BCUT2D eigenvalue weighted by Gasteiger charge is 2.11. The quantitative estimate of drug-likeness (QED) is 0.649. The van der Waals surface area contributed by atoms with E-state index < -0.39 is 5.97 Å². The van der Waals surface area contributed by atoms with Crippen LogP contribution in [-0.4, -0.2) is 11.1 Å². The molecule has 0 saturated carbocycles. The number of carboxylic acids is 1. The molecule has 0 amide bonds. The average Bonchev–Trinajstić information content (AvgIpc) is 2.49. The summed E-state index contributed by atoms with van der Waals surface area (Å²) < 4.78 is 0. The lowest BCUT2D eigenvalue weighted by Crippen LogP contribution is -2.00. The first kappa shape index (κ1) is 7.31. The van der Waals surface area contributed by atoms with E-state index in [9.17, 15) is 4.79 Å². The van der Waals surface area contributed by atoms with Crippen molar-refractivity contribution in [2.75, 3.05) is 0 Å². The van der Waals surface area contributed by atoms with Crippen molar-refractivity contribution in [2.45, 2.75) is 13.1 Å². The van der Waals surface area contributed by atoms with Gasteiger partial charge in [-0.25, -0.2) is 4.79 Å². The Balaban J connectivity index is 2.45. The van der Waals surface area contributed by atoms with E-state index in [1.54, 1.807) is 12.1 Å². The summed E-state index contributed by atoms with van der Waals surface area (Å²) in [4.78, 5) is 10.6. The molecule has 0 spiro atoms. The monoisotopic (exact) mass is 163 g/mol. The van der Waals surface area contributed by atoms with Gasteiger partial charge in [-0.2, -0.15) is 0 Å². The minimum absolute atomic E-state index is 0.373. The topological polar surface area (TPSA) is 49.3 Å². The van der Waals surface area contributed by atoms with Gasteiger partial charge in [0.25, 0.3) is 0 Å². The zero-order valence-electron chi connectivity index (χ0n) is 6.50. The normalized spacial score (nSPS) is 14.3. The smallest absolute Gasteiger partial charge is 0.335 e. The highest BCUT2D eigenvalue weighted by Crippen LogP contribution is 2.16. The highest BCUT2D eigenvalue weighted by molar-refractivity contribution is 5.87. The van der Waals surface area contributed by atoms with Gasteiger partial charge in [-0.15, -0.1) is 0 Å². The maximum absolute atomic E-state index is 10.6. The number of benzene rings is 1. The summed E-state index contributed by atoms with van der Waals surface area (Å²) in [7, 11) is 0. The van der Waals surface area contributed by atoms with Crippen molar-refractivity contribution in [3.8, 4) is 0 Å². The van der Waals surface area contributed by atoms with Crippen molar-refractivity contribution in [2.24, 2.45) is 0 Å². The maximum Gasteiger partial charge on any atom is 0.335 e. The second-order valence-corrected chi connectivity index (χ2v) is 2.89. The molecule has 0 atom stereocenters. The van der Waals surface area contributed by atoms with Gasteiger partial charge in [0.05, 0.1) is 5.56 Å². The highest BCUT2D eigenvalue weighted by atomic mass is 16.4. The zero-order valence-corrected chi connectivity index (χ0v) is 6.50. The molecule has 1 aromatic rings. The lowest BCUT2D eigenvalue weighted by molar-refractivity contribution is 0.0697. The Hall–Kier alpha value is -1.35. The van der Waals surface area contributed by atoms with Crippen LogP contribution in [0.25, 0.3) is 0 Å². The molecule has 0 aliphatic carbocycles. The Labute approximate surface area is 70.0 Å². The van der Waals surface area contributed by atoms with E-state index >= 15 is 0 Å². The predicted molar refractivity (Wildman–Crippen MR) is 43.9 cm³/mol. The fourth-order valence-electron chi connectivity index (χ4n) is 1.43. The van der Waals surface area contributed by atoms with Crippen LogP contribution in [0.4, 0.5) is 0 Å². The number of aromatic carboxylic acids is 1. The van der Waals surface area contributed by atoms with Crippen LogP contribution in [0.5, 0.6) is 0 Å². The lowest BCUT2D eigenvalue weighted by Gasteiger charge is -1.98. The van der Waals surface area contributed by atoms with Crippen LogP contribution in [0.3, 0.4) is 0 Å². The number of rotatable bonds is 1. The van der Waals surface area contributed by atoms with E-state index in [1.165, 1.54) is 5.56 Å². The first-order chi connectivity index (χ1) is 5.77.